The average Bonchev–Trinajstić information content (AvgIpc) is 3.40. The fraction of sp³-hybridized carbons (Fsp3) is 0.368. The van der Waals surface area contributed by atoms with Gasteiger partial charge in [-0.15, -0.1) is 0 Å². The highest BCUT2D eigenvalue weighted by atomic mass is 16.6. The van der Waals surface area contributed by atoms with Crippen LogP contribution in [-0.2, 0) is 19.1 Å². The smallest absolute Gasteiger partial charge is 0.211 e. The van der Waals surface area contributed by atoms with E-state index < -0.39 is 11.7 Å². The van der Waals surface area contributed by atoms with Gasteiger partial charge in [-0.2, -0.15) is 0 Å². The second kappa shape index (κ2) is 6.84. The fourth-order valence-corrected chi connectivity index (χ4v) is 3.08. The largest absolute Gasteiger partial charge is 0.493 e. The number of nitrogens with zero attached hydrogens (tertiary/aromatic N) is 2. The van der Waals surface area contributed by atoms with Crippen molar-refractivity contribution in [3.05, 3.63) is 30.2 Å². The number of hydrogen-bond donors (Lipinski definition) is 1. The van der Waals surface area contributed by atoms with Crippen LogP contribution in [0, 0.1) is 0 Å². The highest BCUT2D eigenvalue weighted by Crippen LogP contribution is 2.43. The molecule has 9 nitrogen and oxygen atoms in total. The molecule has 146 valence electrons. The quantitative estimate of drug-likeness (QED) is 0.556. The van der Waals surface area contributed by atoms with Crippen LogP contribution in [0.1, 0.15) is 6.92 Å². The molecule has 1 aromatic heterocycles. The minimum absolute atomic E-state index is 0.143. The van der Waals surface area contributed by atoms with Crippen molar-refractivity contribution >= 4 is 28.3 Å². The van der Waals surface area contributed by atoms with Gasteiger partial charge >= 0.3 is 0 Å². The number of hydrogen-bond acceptors (Lipinski definition) is 9. The molecule has 4 rings (SSSR count). The summed E-state index contributed by atoms with van der Waals surface area (Å²) in [5.41, 5.74) is -0.286. The third kappa shape index (κ3) is 2.98. The van der Waals surface area contributed by atoms with Crippen molar-refractivity contribution in [2.45, 2.75) is 18.6 Å². The molecule has 2 aliphatic rings. The molecule has 0 bridgehead atoms. The topological polar surface area (TPSA) is 112 Å². The molecule has 2 unspecified atom stereocenters. The van der Waals surface area contributed by atoms with Crippen LogP contribution in [0.5, 0.6) is 11.5 Å². The Hall–Kier alpha value is -3.04. The van der Waals surface area contributed by atoms with Gasteiger partial charge in [-0.3, -0.25) is 9.59 Å². The molecular formula is C19H19N3O6. The van der Waals surface area contributed by atoms with Crippen molar-refractivity contribution in [1.82, 2.24) is 9.97 Å². The van der Waals surface area contributed by atoms with E-state index >= 15 is 0 Å². The second-order valence-electron chi connectivity index (χ2n) is 6.60. The highest BCUT2D eigenvalue weighted by molar-refractivity contribution is 6.19. The van der Waals surface area contributed by atoms with Crippen LogP contribution in [0.15, 0.2) is 30.2 Å². The van der Waals surface area contributed by atoms with Crippen LogP contribution >= 0.6 is 0 Å². The summed E-state index contributed by atoms with van der Waals surface area (Å²) in [6, 6.07) is 3.44. The van der Waals surface area contributed by atoms with Crippen molar-refractivity contribution < 1.29 is 28.5 Å². The molecule has 1 N–H and O–H groups in total. The van der Waals surface area contributed by atoms with E-state index in [0.717, 1.165) is 0 Å². The number of carbonyl (C=O) groups excluding carboxylic acids is 2. The van der Waals surface area contributed by atoms with E-state index in [1.54, 1.807) is 26.2 Å². The number of anilines is 1. The molecule has 1 aliphatic carbocycles. The molecule has 1 aliphatic heterocycles. The summed E-state index contributed by atoms with van der Waals surface area (Å²) < 4.78 is 21.3. The van der Waals surface area contributed by atoms with Gasteiger partial charge in [0.05, 0.1) is 24.9 Å². The Kier molecular flexibility index (Phi) is 4.48. The third-order valence-electron chi connectivity index (χ3n) is 4.79. The zero-order chi connectivity index (χ0) is 19.9. The van der Waals surface area contributed by atoms with Gasteiger partial charge in [0, 0.05) is 24.6 Å². The lowest BCUT2D eigenvalue weighted by atomic mass is 9.92. The molecule has 2 heterocycles. The predicted octanol–water partition coefficient (Wildman–Crippen LogP) is 1.27. The molecule has 2 aromatic rings. The van der Waals surface area contributed by atoms with E-state index in [4.69, 9.17) is 18.9 Å². The summed E-state index contributed by atoms with van der Waals surface area (Å²) in [5, 5.41) is 3.56. The number of benzene rings is 1. The van der Waals surface area contributed by atoms with Crippen molar-refractivity contribution in [1.29, 1.82) is 0 Å². The highest BCUT2D eigenvalue weighted by Gasteiger charge is 2.64. The number of rotatable bonds is 7. The molecule has 0 amide bonds. The van der Waals surface area contributed by atoms with Gasteiger partial charge in [0.1, 0.15) is 18.8 Å². The predicted molar refractivity (Wildman–Crippen MR) is 98.5 cm³/mol. The van der Waals surface area contributed by atoms with Gasteiger partial charge < -0.3 is 24.3 Å². The molecule has 28 heavy (non-hydrogen) atoms. The molecule has 0 saturated carbocycles. The molecule has 0 radical (unpaired) electrons. The Morgan fingerprint density at radius 2 is 2.00 bits per heavy atom. The van der Waals surface area contributed by atoms with Crippen LogP contribution in [0.2, 0.25) is 0 Å². The number of fused-ring (bicyclic) bond motifs is 2. The summed E-state index contributed by atoms with van der Waals surface area (Å²) in [6.07, 6.45) is 1.89. The number of epoxide rings is 1. The third-order valence-corrected chi connectivity index (χ3v) is 4.79. The van der Waals surface area contributed by atoms with Crippen molar-refractivity contribution in [3.63, 3.8) is 0 Å². The number of Topliss-reactive ketones (excluding diaryl/α,β-unsaturated/α-hetero) is 1. The molecule has 1 aromatic carbocycles. The Morgan fingerprint density at radius 3 is 2.75 bits per heavy atom. The Bertz CT molecular complexity index is 1000. The molecule has 2 atom stereocenters. The van der Waals surface area contributed by atoms with E-state index in [2.05, 4.69) is 15.3 Å². The Labute approximate surface area is 160 Å². The van der Waals surface area contributed by atoms with Crippen molar-refractivity contribution in [3.8, 4) is 11.5 Å². The Morgan fingerprint density at radius 1 is 1.18 bits per heavy atom. The standard InChI is InChI=1S/C19H19N3O6/c1-19-15(23)8-12(16(24)17(19)28-19)22-18-10-6-13(26-3)14(27-5-4-25-2)7-11(10)20-9-21-18/h6-9,17H,4-5H2,1-3H3,(H,20,21,22). The lowest BCUT2D eigenvalue weighted by Crippen LogP contribution is -2.34. The van der Waals surface area contributed by atoms with Crippen LogP contribution < -0.4 is 14.8 Å². The number of carbonyl (C=O) groups is 2. The maximum atomic E-state index is 12.5. The number of aromatic nitrogens is 2. The summed E-state index contributed by atoms with van der Waals surface area (Å²) >= 11 is 0. The van der Waals surface area contributed by atoms with E-state index in [9.17, 15) is 9.59 Å². The summed E-state index contributed by atoms with van der Waals surface area (Å²) in [4.78, 5) is 33.1. The number of methoxy groups -OCH3 is 2. The van der Waals surface area contributed by atoms with Gasteiger partial charge in [0.15, 0.2) is 29.0 Å². The monoisotopic (exact) mass is 385 g/mol. The molecule has 0 spiro atoms. The minimum Gasteiger partial charge on any atom is -0.493 e. The van der Waals surface area contributed by atoms with E-state index in [1.807, 2.05) is 0 Å². The van der Waals surface area contributed by atoms with E-state index in [1.165, 1.54) is 19.5 Å². The number of ether oxygens (including phenoxy) is 4. The number of ketones is 2. The first-order valence-corrected chi connectivity index (χ1v) is 8.67. The summed E-state index contributed by atoms with van der Waals surface area (Å²) in [7, 11) is 3.12. The maximum Gasteiger partial charge on any atom is 0.211 e. The Balaban J connectivity index is 1.67. The lowest BCUT2D eigenvalue weighted by Gasteiger charge is -2.16. The minimum atomic E-state index is -1.02. The van der Waals surface area contributed by atoms with Gasteiger partial charge in [-0.1, -0.05) is 0 Å². The molecule has 1 saturated heterocycles. The maximum absolute atomic E-state index is 12.5. The van der Waals surface area contributed by atoms with Gasteiger partial charge in [0.25, 0.3) is 0 Å². The van der Waals surface area contributed by atoms with Crippen LogP contribution in [0.4, 0.5) is 5.82 Å². The van der Waals surface area contributed by atoms with Gasteiger partial charge in [-0.25, -0.2) is 9.97 Å². The fourth-order valence-electron chi connectivity index (χ4n) is 3.08. The van der Waals surface area contributed by atoms with Crippen LogP contribution in [-0.4, -0.2) is 60.7 Å². The van der Waals surface area contributed by atoms with Crippen molar-refractivity contribution in [2.75, 3.05) is 32.8 Å². The lowest BCUT2D eigenvalue weighted by molar-refractivity contribution is -0.121. The van der Waals surface area contributed by atoms with Gasteiger partial charge in [0.2, 0.25) is 5.78 Å². The summed E-state index contributed by atoms with van der Waals surface area (Å²) in [5.74, 6) is 0.856. The van der Waals surface area contributed by atoms with E-state index in [0.29, 0.717) is 41.4 Å². The average molecular weight is 385 g/mol. The summed E-state index contributed by atoms with van der Waals surface area (Å²) in [6.45, 7) is 2.41. The van der Waals surface area contributed by atoms with Crippen LogP contribution in [0.25, 0.3) is 10.9 Å². The molecule has 1 fully saturated rings. The molecule has 9 heteroatoms. The number of nitrogens with one attached hydrogen (secondary N) is 1. The SMILES string of the molecule is COCCOc1cc2ncnc(NC3=CC(=O)C4(C)OC4C3=O)c2cc1OC. The zero-order valence-corrected chi connectivity index (χ0v) is 15.6. The first-order valence-electron chi connectivity index (χ1n) is 8.67. The molecular weight excluding hydrogens is 366 g/mol. The first-order chi connectivity index (χ1) is 13.5. The van der Waals surface area contributed by atoms with Crippen molar-refractivity contribution in [2.24, 2.45) is 0 Å². The zero-order valence-electron chi connectivity index (χ0n) is 15.6. The second-order valence-corrected chi connectivity index (χ2v) is 6.60. The van der Waals surface area contributed by atoms with E-state index in [-0.39, 0.29) is 17.3 Å². The van der Waals surface area contributed by atoms with Crippen LogP contribution in [0.3, 0.4) is 0 Å². The normalized spacial score (nSPS) is 23.2. The van der Waals surface area contributed by atoms with Gasteiger partial charge in [-0.05, 0) is 13.0 Å². The first kappa shape index (κ1) is 18.3.